The molecule has 0 saturated carbocycles. The normalized spacial score (nSPS) is 25.9. The van der Waals surface area contributed by atoms with Crippen molar-refractivity contribution in [1.29, 1.82) is 0 Å². The molecule has 3 heterocycles. The third kappa shape index (κ3) is 1.73. The monoisotopic (exact) mass is 277 g/mol. The Labute approximate surface area is 113 Å². The predicted molar refractivity (Wildman–Crippen MR) is 68.3 cm³/mol. The van der Waals surface area contributed by atoms with Gasteiger partial charge in [0.15, 0.2) is 17.1 Å². The van der Waals surface area contributed by atoms with Gasteiger partial charge in [-0.2, -0.15) is 0 Å². The van der Waals surface area contributed by atoms with Crippen molar-refractivity contribution in [3.05, 3.63) is 28.7 Å². The van der Waals surface area contributed by atoms with Gasteiger partial charge < -0.3 is 19.4 Å². The van der Waals surface area contributed by atoms with E-state index in [1.165, 1.54) is 17.1 Å². The molecule has 2 N–H and O–H groups in total. The number of halogens is 1. The Kier molecular flexibility index (Phi) is 2.85. The van der Waals surface area contributed by atoms with E-state index in [2.05, 4.69) is 15.9 Å². The number of fused-ring (bicyclic) bond motifs is 1. The number of ether oxygens (including phenoxy) is 1. The van der Waals surface area contributed by atoms with Crippen molar-refractivity contribution in [1.82, 2.24) is 14.5 Å². The average molecular weight is 277 g/mol. The molecule has 1 saturated heterocycles. The number of aliphatic hydroxyl groups excluding tert-OH is 1. The summed E-state index contributed by atoms with van der Waals surface area (Å²) in [6.45, 7) is -0.310. The second-order valence-corrected chi connectivity index (χ2v) is 4.72. The van der Waals surface area contributed by atoms with Gasteiger partial charge in [0.25, 0.3) is 5.56 Å². The zero-order valence-electron chi connectivity index (χ0n) is 10.5. The molecule has 0 bridgehead atoms. The van der Waals surface area contributed by atoms with Crippen molar-refractivity contribution in [2.24, 2.45) is 0 Å². The van der Waals surface area contributed by atoms with Crippen molar-refractivity contribution >= 4 is 11.0 Å². The number of aromatic amines is 1. The Hall–Kier alpha value is -2.17. The van der Waals surface area contributed by atoms with Crippen molar-refractivity contribution in [2.45, 2.75) is 24.7 Å². The summed E-state index contributed by atoms with van der Waals surface area (Å²) in [5.74, 6) is 1.76. The first-order valence-corrected chi connectivity index (χ1v) is 6.10. The quantitative estimate of drug-likeness (QED) is 0.785. The summed E-state index contributed by atoms with van der Waals surface area (Å²) < 4.78 is 20.9. The molecule has 104 valence electrons. The minimum Gasteiger partial charge on any atom is -0.392 e. The van der Waals surface area contributed by atoms with Crippen LogP contribution in [-0.4, -0.2) is 31.8 Å². The van der Waals surface area contributed by atoms with Crippen LogP contribution in [0, 0.1) is 18.2 Å². The molecule has 7 heteroatoms. The van der Waals surface area contributed by atoms with Crippen LogP contribution in [0.25, 0.3) is 11.0 Å². The highest BCUT2D eigenvalue weighted by molar-refractivity contribution is 5.75. The lowest BCUT2D eigenvalue weighted by atomic mass is 10.0. The van der Waals surface area contributed by atoms with E-state index in [1.54, 1.807) is 0 Å². The fraction of sp³-hybridized carbons (Fsp3) is 0.385. The molecule has 0 radical (unpaired) electrons. The molecule has 2 atom stereocenters. The van der Waals surface area contributed by atoms with Gasteiger partial charge >= 0.3 is 0 Å². The lowest BCUT2D eigenvalue weighted by Crippen LogP contribution is -2.31. The number of hydrogen-bond donors (Lipinski definition) is 2. The van der Waals surface area contributed by atoms with Crippen LogP contribution in [0.15, 0.2) is 17.3 Å². The number of aromatic nitrogens is 3. The lowest BCUT2D eigenvalue weighted by molar-refractivity contribution is -0.0617. The molecule has 3 rings (SSSR count). The number of rotatable bonds is 2. The van der Waals surface area contributed by atoms with Gasteiger partial charge in [-0.1, -0.05) is 5.92 Å². The molecule has 2 aromatic heterocycles. The summed E-state index contributed by atoms with van der Waals surface area (Å²) in [6.07, 6.45) is 8.15. The van der Waals surface area contributed by atoms with E-state index in [1.807, 2.05) is 0 Å². The minimum atomic E-state index is -1.06. The fourth-order valence-corrected chi connectivity index (χ4v) is 2.47. The van der Waals surface area contributed by atoms with Gasteiger partial charge in [-0.15, -0.1) is 6.42 Å². The van der Waals surface area contributed by atoms with Gasteiger partial charge in [-0.05, 0) is 12.8 Å². The van der Waals surface area contributed by atoms with Gasteiger partial charge in [0.05, 0.1) is 12.9 Å². The van der Waals surface area contributed by atoms with E-state index in [0.29, 0.717) is 12.8 Å². The summed E-state index contributed by atoms with van der Waals surface area (Å²) in [5.41, 5.74) is -1.41. The van der Waals surface area contributed by atoms with E-state index < -0.39 is 23.2 Å². The van der Waals surface area contributed by atoms with Crippen LogP contribution in [0.5, 0.6) is 0 Å². The SMILES string of the molecule is C#CC1(CO)CCC(n2cc(F)c3c(=O)[nH]cnc32)O1. The molecule has 2 unspecified atom stereocenters. The first kappa shape index (κ1) is 12.8. The van der Waals surface area contributed by atoms with Crippen LogP contribution in [0.3, 0.4) is 0 Å². The van der Waals surface area contributed by atoms with Gasteiger partial charge in [0.1, 0.15) is 11.6 Å². The third-order valence-corrected chi connectivity index (χ3v) is 3.55. The number of nitrogens with one attached hydrogen (secondary N) is 1. The number of H-pyrrole nitrogens is 1. The van der Waals surface area contributed by atoms with Crippen molar-refractivity contribution in [3.63, 3.8) is 0 Å². The van der Waals surface area contributed by atoms with Crippen LogP contribution in [0.2, 0.25) is 0 Å². The molecular weight excluding hydrogens is 265 g/mol. The number of aliphatic hydroxyl groups is 1. The van der Waals surface area contributed by atoms with Crippen LogP contribution >= 0.6 is 0 Å². The standard InChI is InChI=1S/C13H12FN3O3/c1-2-13(6-18)4-3-9(20-13)17-5-8(14)10-11(17)15-7-16-12(10)19/h1,5,7,9,18H,3-4,6H2,(H,15,16,19). The molecule has 1 fully saturated rings. The van der Waals surface area contributed by atoms with Crippen molar-refractivity contribution in [2.75, 3.05) is 6.61 Å². The minimum absolute atomic E-state index is 0.113. The molecule has 1 aliphatic heterocycles. The molecule has 6 nitrogen and oxygen atoms in total. The Balaban J connectivity index is 2.08. The topological polar surface area (TPSA) is 80.1 Å². The summed E-state index contributed by atoms with van der Waals surface area (Å²) >= 11 is 0. The molecule has 20 heavy (non-hydrogen) atoms. The maximum absolute atomic E-state index is 13.9. The van der Waals surface area contributed by atoms with Crippen molar-refractivity contribution < 1.29 is 14.2 Å². The van der Waals surface area contributed by atoms with Gasteiger partial charge in [-0.25, -0.2) is 9.37 Å². The average Bonchev–Trinajstić information content (AvgIpc) is 3.02. The summed E-state index contributed by atoms with van der Waals surface area (Å²) in [6, 6.07) is 0. The van der Waals surface area contributed by atoms with Gasteiger partial charge in [-0.3, -0.25) is 4.79 Å². The second-order valence-electron chi connectivity index (χ2n) is 4.72. The summed E-state index contributed by atoms with van der Waals surface area (Å²) in [4.78, 5) is 17.9. The zero-order valence-corrected chi connectivity index (χ0v) is 10.5. The molecular formula is C13H12FN3O3. The van der Waals surface area contributed by atoms with Crippen LogP contribution in [0.4, 0.5) is 4.39 Å². The largest absolute Gasteiger partial charge is 0.392 e. The zero-order chi connectivity index (χ0) is 14.3. The number of terminal acetylenes is 1. The van der Waals surface area contributed by atoms with E-state index in [4.69, 9.17) is 11.2 Å². The van der Waals surface area contributed by atoms with E-state index >= 15 is 0 Å². The van der Waals surface area contributed by atoms with Crippen LogP contribution in [-0.2, 0) is 4.74 Å². The van der Waals surface area contributed by atoms with Crippen LogP contribution in [0.1, 0.15) is 19.1 Å². The van der Waals surface area contributed by atoms with Crippen molar-refractivity contribution in [3.8, 4) is 12.3 Å². The first-order chi connectivity index (χ1) is 9.60. The maximum Gasteiger partial charge on any atom is 0.263 e. The highest BCUT2D eigenvalue weighted by Gasteiger charge is 2.39. The van der Waals surface area contributed by atoms with Gasteiger partial charge in [0, 0.05) is 6.20 Å². The highest BCUT2D eigenvalue weighted by atomic mass is 19.1. The highest BCUT2D eigenvalue weighted by Crippen LogP contribution is 2.37. The summed E-state index contributed by atoms with van der Waals surface area (Å²) in [7, 11) is 0. The molecule has 0 aliphatic carbocycles. The molecule has 0 spiro atoms. The fourth-order valence-electron chi connectivity index (χ4n) is 2.47. The predicted octanol–water partition coefficient (Wildman–Crippen LogP) is 0.537. The molecule has 0 aromatic carbocycles. The Morgan fingerprint density at radius 1 is 1.75 bits per heavy atom. The molecule has 0 amide bonds. The van der Waals surface area contributed by atoms with E-state index in [-0.39, 0.29) is 17.6 Å². The van der Waals surface area contributed by atoms with Gasteiger partial charge in [0.2, 0.25) is 0 Å². The second kappa shape index (κ2) is 4.44. The van der Waals surface area contributed by atoms with E-state index in [9.17, 15) is 14.3 Å². The number of nitrogens with zero attached hydrogens (tertiary/aromatic N) is 2. The Morgan fingerprint density at radius 2 is 2.55 bits per heavy atom. The third-order valence-electron chi connectivity index (χ3n) is 3.55. The van der Waals surface area contributed by atoms with Crippen LogP contribution < -0.4 is 5.56 Å². The van der Waals surface area contributed by atoms with E-state index in [0.717, 1.165) is 0 Å². The maximum atomic E-state index is 13.9. The molecule has 1 aliphatic rings. The lowest BCUT2D eigenvalue weighted by Gasteiger charge is -2.21. The first-order valence-electron chi connectivity index (χ1n) is 6.10. The summed E-state index contributed by atoms with van der Waals surface area (Å²) in [5, 5.41) is 9.21. The number of hydrogen-bond acceptors (Lipinski definition) is 4. The Morgan fingerprint density at radius 3 is 3.20 bits per heavy atom. The smallest absolute Gasteiger partial charge is 0.263 e. The Bertz CT molecular complexity index is 760. The molecule has 2 aromatic rings.